The van der Waals surface area contributed by atoms with Gasteiger partial charge in [0.05, 0.1) is 18.8 Å². The summed E-state index contributed by atoms with van der Waals surface area (Å²) in [5.41, 5.74) is 0.147. The first-order valence-electron chi connectivity index (χ1n) is 7.22. The van der Waals surface area contributed by atoms with Gasteiger partial charge in [0.1, 0.15) is 0 Å². The van der Waals surface area contributed by atoms with Crippen LogP contribution < -0.4 is 4.74 Å². The van der Waals surface area contributed by atoms with E-state index in [1.165, 1.54) is 17.3 Å². The Morgan fingerprint density at radius 1 is 1.43 bits per heavy atom. The van der Waals surface area contributed by atoms with Crippen molar-refractivity contribution in [2.75, 3.05) is 0 Å². The van der Waals surface area contributed by atoms with Crippen LogP contribution in [0.25, 0.3) is 0 Å². The standard InChI is InChI=1S/C15H18N2O3S/c18-15(19)14-13(20-11-5-2-1-3-6-11)9-16-17(14)10-12-7-4-8-21-12/h4,7-9,11H,1-3,5-6,10H2,(H,18,19). The number of carbonyl (C=O) groups is 1. The first kappa shape index (κ1) is 14.1. The summed E-state index contributed by atoms with van der Waals surface area (Å²) in [6.45, 7) is 0.466. The summed E-state index contributed by atoms with van der Waals surface area (Å²) in [6.07, 6.45) is 7.18. The molecule has 2 aromatic heterocycles. The number of carboxylic acid groups (broad SMARTS) is 1. The molecule has 3 rings (SSSR count). The van der Waals surface area contributed by atoms with Gasteiger partial charge in [0, 0.05) is 4.88 Å². The molecule has 0 spiro atoms. The lowest BCUT2D eigenvalue weighted by Crippen LogP contribution is -2.21. The molecule has 0 aromatic carbocycles. The van der Waals surface area contributed by atoms with E-state index in [0.29, 0.717) is 12.3 Å². The van der Waals surface area contributed by atoms with Gasteiger partial charge < -0.3 is 9.84 Å². The Balaban J connectivity index is 1.80. The smallest absolute Gasteiger partial charge is 0.358 e. The second kappa shape index (κ2) is 6.30. The Labute approximate surface area is 127 Å². The van der Waals surface area contributed by atoms with Crippen LogP contribution in [0.15, 0.2) is 23.7 Å². The minimum atomic E-state index is -0.991. The van der Waals surface area contributed by atoms with Gasteiger partial charge in [-0.3, -0.25) is 0 Å². The van der Waals surface area contributed by atoms with Crippen LogP contribution in [0.3, 0.4) is 0 Å². The molecule has 1 saturated carbocycles. The maximum Gasteiger partial charge on any atom is 0.358 e. The third-order valence-corrected chi connectivity index (χ3v) is 4.60. The number of hydrogen-bond donors (Lipinski definition) is 1. The summed E-state index contributed by atoms with van der Waals surface area (Å²) in [7, 11) is 0. The fourth-order valence-electron chi connectivity index (χ4n) is 2.70. The van der Waals surface area contributed by atoms with E-state index in [-0.39, 0.29) is 11.8 Å². The first-order chi connectivity index (χ1) is 10.2. The van der Waals surface area contributed by atoms with Gasteiger partial charge in [-0.05, 0) is 37.1 Å². The van der Waals surface area contributed by atoms with Crippen molar-refractivity contribution in [3.63, 3.8) is 0 Å². The summed E-state index contributed by atoms with van der Waals surface area (Å²) in [4.78, 5) is 12.6. The van der Waals surface area contributed by atoms with Crippen LogP contribution in [0.1, 0.15) is 47.5 Å². The summed E-state index contributed by atoms with van der Waals surface area (Å²) >= 11 is 1.59. The Morgan fingerprint density at radius 3 is 2.90 bits per heavy atom. The van der Waals surface area contributed by atoms with E-state index >= 15 is 0 Å². The number of thiophene rings is 1. The van der Waals surface area contributed by atoms with Gasteiger partial charge in [-0.15, -0.1) is 11.3 Å². The monoisotopic (exact) mass is 306 g/mol. The first-order valence-corrected chi connectivity index (χ1v) is 8.10. The number of aromatic carboxylic acids is 1. The molecule has 0 amide bonds. The highest BCUT2D eigenvalue weighted by molar-refractivity contribution is 7.09. The number of rotatable bonds is 5. The number of nitrogens with zero attached hydrogens (tertiary/aromatic N) is 2. The van der Waals surface area contributed by atoms with Crippen molar-refractivity contribution in [3.8, 4) is 5.75 Å². The predicted octanol–water partition coefficient (Wildman–Crippen LogP) is 3.40. The summed E-state index contributed by atoms with van der Waals surface area (Å²) in [5, 5.41) is 15.6. The second-order valence-corrected chi connectivity index (χ2v) is 6.31. The molecule has 0 atom stereocenters. The molecule has 2 aromatic rings. The van der Waals surface area contributed by atoms with E-state index < -0.39 is 5.97 Å². The van der Waals surface area contributed by atoms with Crippen LogP contribution in [0.5, 0.6) is 5.75 Å². The van der Waals surface area contributed by atoms with Gasteiger partial charge in [-0.25, -0.2) is 9.48 Å². The van der Waals surface area contributed by atoms with E-state index in [9.17, 15) is 9.90 Å². The molecule has 0 radical (unpaired) electrons. The van der Waals surface area contributed by atoms with E-state index in [2.05, 4.69) is 5.10 Å². The van der Waals surface area contributed by atoms with Crippen LogP contribution in [0.4, 0.5) is 0 Å². The maximum atomic E-state index is 11.5. The molecule has 0 aliphatic heterocycles. The number of hydrogen-bond acceptors (Lipinski definition) is 4. The van der Waals surface area contributed by atoms with Crippen LogP contribution in [-0.4, -0.2) is 27.0 Å². The van der Waals surface area contributed by atoms with E-state index in [1.807, 2.05) is 17.5 Å². The van der Waals surface area contributed by atoms with Crippen molar-refractivity contribution >= 4 is 17.3 Å². The predicted molar refractivity (Wildman–Crippen MR) is 80.1 cm³/mol. The SMILES string of the molecule is O=C(O)c1c(OC2CCCCC2)cnn1Cc1cccs1. The Bertz CT molecular complexity index is 600. The molecule has 5 nitrogen and oxygen atoms in total. The lowest BCUT2D eigenvalue weighted by Gasteiger charge is -2.22. The lowest BCUT2D eigenvalue weighted by atomic mass is 9.98. The van der Waals surface area contributed by atoms with Crippen molar-refractivity contribution in [3.05, 3.63) is 34.3 Å². The Morgan fingerprint density at radius 2 is 2.24 bits per heavy atom. The molecular weight excluding hydrogens is 288 g/mol. The van der Waals surface area contributed by atoms with Gasteiger partial charge >= 0.3 is 5.97 Å². The molecule has 6 heteroatoms. The van der Waals surface area contributed by atoms with Gasteiger partial charge in [0.2, 0.25) is 0 Å². The largest absolute Gasteiger partial charge is 0.486 e. The summed E-state index contributed by atoms with van der Waals surface area (Å²) < 4.78 is 7.39. The zero-order chi connectivity index (χ0) is 14.7. The lowest BCUT2D eigenvalue weighted by molar-refractivity contribution is 0.0672. The van der Waals surface area contributed by atoms with Crippen LogP contribution in [-0.2, 0) is 6.54 Å². The molecule has 2 heterocycles. The fourth-order valence-corrected chi connectivity index (χ4v) is 3.39. The third-order valence-electron chi connectivity index (χ3n) is 3.74. The zero-order valence-corrected chi connectivity index (χ0v) is 12.5. The van der Waals surface area contributed by atoms with Gasteiger partial charge in [0.25, 0.3) is 0 Å². The van der Waals surface area contributed by atoms with Crippen LogP contribution in [0, 0.1) is 0 Å². The van der Waals surface area contributed by atoms with Gasteiger partial charge in [0.15, 0.2) is 11.4 Å². The Kier molecular flexibility index (Phi) is 4.24. The van der Waals surface area contributed by atoms with Crippen LogP contribution in [0.2, 0.25) is 0 Å². The zero-order valence-electron chi connectivity index (χ0n) is 11.7. The highest BCUT2D eigenvalue weighted by Gasteiger charge is 2.23. The maximum absolute atomic E-state index is 11.5. The van der Waals surface area contributed by atoms with Gasteiger partial charge in [-0.1, -0.05) is 12.5 Å². The number of carboxylic acids is 1. The van der Waals surface area contributed by atoms with Crippen molar-refractivity contribution in [1.29, 1.82) is 0 Å². The number of aromatic nitrogens is 2. The quantitative estimate of drug-likeness (QED) is 0.919. The molecule has 1 fully saturated rings. The minimum Gasteiger partial charge on any atom is -0.486 e. The molecule has 0 saturated heterocycles. The topological polar surface area (TPSA) is 64.3 Å². The molecule has 21 heavy (non-hydrogen) atoms. The molecule has 1 N–H and O–H groups in total. The highest BCUT2D eigenvalue weighted by atomic mass is 32.1. The summed E-state index contributed by atoms with van der Waals surface area (Å²) in [5.74, 6) is -0.596. The van der Waals surface area contributed by atoms with Crippen LogP contribution >= 0.6 is 11.3 Å². The average molecular weight is 306 g/mol. The summed E-state index contributed by atoms with van der Waals surface area (Å²) in [6, 6.07) is 3.92. The third kappa shape index (κ3) is 3.26. The van der Waals surface area contributed by atoms with E-state index in [0.717, 1.165) is 30.6 Å². The van der Waals surface area contributed by atoms with Crippen molar-refractivity contribution < 1.29 is 14.6 Å². The molecule has 1 aliphatic rings. The van der Waals surface area contributed by atoms with E-state index in [4.69, 9.17) is 4.74 Å². The van der Waals surface area contributed by atoms with Gasteiger partial charge in [-0.2, -0.15) is 5.10 Å². The molecular formula is C15H18N2O3S. The molecule has 112 valence electrons. The van der Waals surface area contributed by atoms with E-state index in [1.54, 1.807) is 11.3 Å². The van der Waals surface area contributed by atoms with Crippen molar-refractivity contribution in [2.24, 2.45) is 0 Å². The number of ether oxygens (including phenoxy) is 1. The normalized spacial score (nSPS) is 16.0. The molecule has 1 aliphatic carbocycles. The molecule has 0 unspecified atom stereocenters. The highest BCUT2D eigenvalue weighted by Crippen LogP contribution is 2.26. The van der Waals surface area contributed by atoms with Crippen molar-refractivity contribution in [2.45, 2.75) is 44.8 Å². The van der Waals surface area contributed by atoms with Crippen molar-refractivity contribution in [1.82, 2.24) is 9.78 Å². The fraction of sp³-hybridized carbons (Fsp3) is 0.467. The molecule has 0 bridgehead atoms. The Hall–Kier alpha value is -1.82. The average Bonchev–Trinajstić information content (AvgIpc) is 3.11. The second-order valence-electron chi connectivity index (χ2n) is 5.28. The minimum absolute atomic E-state index is 0.122.